The number of ketones is 2. The Morgan fingerprint density at radius 2 is 1.70 bits per heavy atom. The standard InChI is InChI=1S/C30H36O7/c1-16(31)36-24-25-27(3,4)22(34)9-12-29(25,6)20-8-11-28(5)21(30(20,7)26(24)37-17(2)32)14-19(33)23(28)18-10-13-35-15-18/h9-10,12-15,20,23-26H,8,11H2,1-7H3/t20-,23+,24-,25+,26-,28+,29-,30-/m1/s1. The molecule has 1 aromatic heterocycles. The smallest absolute Gasteiger partial charge is 0.303 e. The zero-order valence-corrected chi connectivity index (χ0v) is 22.6. The van der Waals surface area contributed by atoms with Gasteiger partial charge < -0.3 is 13.9 Å². The average Bonchev–Trinajstić information content (AvgIpc) is 3.39. The summed E-state index contributed by atoms with van der Waals surface area (Å²) in [6, 6.07) is 1.83. The van der Waals surface area contributed by atoms with Crippen molar-refractivity contribution in [3.8, 4) is 0 Å². The molecule has 2 saturated carbocycles. The van der Waals surface area contributed by atoms with E-state index in [1.807, 2.05) is 26.0 Å². The molecule has 1 heterocycles. The molecule has 198 valence electrons. The van der Waals surface area contributed by atoms with Crippen molar-refractivity contribution in [2.24, 2.45) is 33.5 Å². The van der Waals surface area contributed by atoms with Gasteiger partial charge in [-0.05, 0) is 48.0 Å². The molecule has 1 aromatic rings. The van der Waals surface area contributed by atoms with Crippen LogP contribution in [-0.2, 0) is 28.7 Å². The molecule has 7 nitrogen and oxygen atoms in total. The van der Waals surface area contributed by atoms with Crippen LogP contribution in [0.25, 0.3) is 0 Å². The maximum atomic E-state index is 13.6. The van der Waals surface area contributed by atoms with Crippen molar-refractivity contribution in [2.45, 2.75) is 79.4 Å². The van der Waals surface area contributed by atoms with E-state index < -0.39 is 57.6 Å². The van der Waals surface area contributed by atoms with E-state index in [0.29, 0.717) is 0 Å². The summed E-state index contributed by atoms with van der Waals surface area (Å²) < 4.78 is 17.5. The Balaban J connectivity index is 1.76. The second-order valence-electron chi connectivity index (χ2n) is 12.6. The molecule has 5 rings (SSSR count). The summed E-state index contributed by atoms with van der Waals surface area (Å²) in [5.74, 6) is -1.95. The van der Waals surface area contributed by atoms with E-state index in [1.54, 1.807) is 24.7 Å². The molecule has 7 heteroatoms. The zero-order chi connectivity index (χ0) is 27.1. The van der Waals surface area contributed by atoms with Crippen molar-refractivity contribution in [3.05, 3.63) is 48.0 Å². The third-order valence-corrected chi connectivity index (χ3v) is 10.2. The SMILES string of the molecule is CC(=O)O[C@H]1[C@@H](OC(C)=O)[C@@]2(C)C3=CC(=O)[C@H](c4ccoc4)[C@@]3(C)CC[C@@H]2[C@@]2(C)C=CC(=O)C(C)(C)[C@H]12. The summed E-state index contributed by atoms with van der Waals surface area (Å²) in [6.45, 7) is 12.7. The first kappa shape index (κ1) is 25.7. The lowest BCUT2D eigenvalue weighted by molar-refractivity contribution is -0.237. The number of fused-ring (bicyclic) bond motifs is 5. The summed E-state index contributed by atoms with van der Waals surface area (Å²) in [4.78, 5) is 51.8. The molecular formula is C30H36O7. The van der Waals surface area contributed by atoms with Crippen molar-refractivity contribution in [1.82, 2.24) is 0 Å². The molecular weight excluding hydrogens is 472 g/mol. The van der Waals surface area contributed by atoms with Crippen LogP contribution in [0, 0.1) is 33.5 Å². The van der Waals surface area contributed by atoms with E-state index in [1.165, 1.54) is 13.8 Å². The van der Waals surface area contributed by atoms with Gasteiger partial charge in [0.2, 0.25) is 0 Å². The van der Waals surface area contributed by atoms with Gasteiger partial charge in [0.25, 0.3) is 0 Å². The summed E-state index contributed by atoms with van der Waals surface area (Å²) >= 11 is 0. The number of hydrogen-bond donors (Lipinski definition) is 0. The van der Waals surface area contributed by atoms with E-state index in [0.717, 1.165) is 24.0 Å². The minimum Gasteiger partial charge on any atom is -0.472 e. The van der Waals surface area contributed by atoms with E-state index in [9.17, 15) is 19.2 Å². The van der Waals surface area contributed by atoms with Gasteiger partial charge in [0.1, 0.15) is 12.2 Å². The van der Waals surface area contributed by atoms with Gasteiger partial charge in [-0.2, -0.15) is 0 Å². The lowest BCUT2D eigenvalue weighted by Gasteiger charge is -2.67. The van der Waals surface area contributed by atoms with E-state index >= 15 is 0 Å². The van der Waals surface area contributed by atoms with E-state index in [-0.39, 0.29) is 17.5 Å². The Morgan fingerprint density at radius 1 is 1.03 bits per heavy atom. The van der Waals surface area contributed by atoms with Crippen molar-refractivity contribution >= 4 is 23.5 Å². The first-order valence-electron chi connectivity index (χ1n) is 13.1. The van der Waals surface area contributed by atoms with E-state index in [4.69, 9.17) is 13.9 Å². The molecule has 0 unspecified atom stereocenters. The molecule has 0 saturated heterocycles. The first-order valence-corrected chi connectivity index (χ1v) is 13.1. The fraction of sp³-hybridized carbons (Fsp3) is 0.600. The summed E-state index contributed by atoms with van der Waals surface area (Å²) in [5.41, 5.74) is -1.02. The lowest BCUT2D eigenvalue weighted by atomic mass is 9.37. The molecule has 0 bridgehead atoms. The molecule has 0 spiro atoms. The first-order chi connectivity index (χ1) is 17.2. The highest BCUT2D eigenvalue weighted by atomic mass is 16.6. The third kappa shape index (κ3) is 3.31. The molecule has 2 fully saturated rings. The fourth-order valence-electron chi connectivity index (χ4n) is 8.93. The van der Waals surface area contributed by atoms with Gasteiger partial charge in [0.15, 0.2) is 11.6 Å². The summed E-state index contributed by atoms with van der Waals surface area (Å²) in [5, 5.41) is 0. The molecule has 0 radical (unpaired) electrons. The van der Waals surface area contributed by atoms with Crippen LogP contribution in [0.2, 0.25) is 0 Å². The predicted molar refractivity (Wildman–Crippen MR) is 134 cm³/mol. The van der Waals surface area contributed by atoms with Gasteiger partial charge in [-0.15, -0.1) is 0 Å². The van der Waals surface area contributed by atoms with Crippen LogP contribution in [-0.4, -0.2) is 35.7 Å². The number of hydrogen-bond acceptors (Lipinski definition) is 7. The Bertz CT molecular complexity index is 1240. The minimum absolute atomic E-state index is 0.00615. The van der Waals surface area contributed by atoms with E-state index in [2.05, 4.69) is 20.8 Å². The van der Waals surface area contributed by atoms with Gasteiger partial charge in [0.05, 0.1) is 18.4 Å². The second kappa shape index (κ2) is 8.02. The third-order valence-electron chi connectivity index (χ3n) is 10.2. The molecule has 8 atom stereocenters. The fourth-order valence-corrected chi connectivity index (χ4v) is 8.93. The Kier molecular flexibility index (Phi) is 5.56. The minimum atomic E-state index is -0.872. The number of furan rings is 1. The van der Waals surface area contributed by atoms with Crippen molar-refractivity contribution in [3.63, 3.8) is 0 Å². The van der Waals surface area contributed by atoms with Gasteiger partial charge in [-0.3, -0.25) is 19.2 Å². The molecule has 0 aromatic carbocycles. The Labute approximate surface area is 217 Å². The van der Waals surface area contributed by atoms with Crippen LogP contribution in [0.5, 0.6) is 0 Å². The van der Waals surface area contributed by atoms with Crippen LogP contribution < -0.4 is 0 Å². The van der Waals surface area contributed by atoms with Crippen molar-refractivity contribution in [1.29, 1.82) is 0 Å². The van der Waals surface area contributed by atoms with Gasteiger partial charge >= 0.3 is 11.9 Å². The van der Waals surface area contributed by atoms with Crippen LogP contribution in [0.3, 0.4) is 0 Å². The molecule has 4 aliphatic rings. The van der Waals surface area contributed by atoms with Crippen LogP contribution in [0.1, 0.15) is 72.8 Å². The molecule has 0 N–H and O–H groups in total. The Hall–Kier alpha value is -2.96. The summed E-state index contributed by atoms with van der Waals surface area (Å²) in [7, 11) is 0. The van der Waals surface area contributed by atoms with Crippen LogP contribution in [0.4, 0.5) is 0 Å². The van der Waals surface area contributed by atoms with Crippen molar-refractivity contribution in [2.75, 3.05) is 0 Å². The zero-order valence-electron chi connectivity index (χ0n) is 22.6. The highest BCUT2D eigenvalue weighted by Crippen LogP contribution is 2.72. The number of allylic oxidation sites excluding steroid dienone is 3. The highest BCUT2D eigenvalue weighted by Gasteiger charge is 2.73. The maximum absolute atomic E-state index is 13.6. The normalized spacial score (nSPS) is 41.8. The van der Waals surface area contributed by atoms with Gasteiger partial charge in [-0.25, -0.2) is 0 Å². The van der Waals surface area contributed by atoms with Crippen molar-refractivity contribution < 1.29 is 33.1 Å². The second-order valence-corrected chi connectivity index (χ2v) is 12.6. The summed E-state index contributed by atoms with van der Waals surface area (Å²) in [6.07, 6.45) is 8.33. The lowest BCUT2D eigenvalue weighted by Crippen LogP contribution is -2.70. The number of carbonyl (C=O) groups is 4. The molecule has 0 aliphatic heterocycles. The molecule has 0 amide bonds. The maximum Gasteiger partial charge on any atom is 0.303 e. The van der Waals surface area contributed by atoms with Crippen LogP contribution in [0.15, 0.2) is 46.8 Å². The predicted octanol–water partition coefficient (Wildman–Crippen LogP) is 4.96. The average molecular weight is 509 g/mol. The van der Waals surface area contributed by atoms with Gasteiger partial charge in [-0.1, -0.05) is 40.7 Å². The number of esters is 2. The molecule has 37 heavy (non-hydrogen) atoms. The quantitative estimate of drug-likeness (QED) is 0.532. The number of carbonyl (C=O) groups excluding carboxylic acids is 4. The monoisotopic (exact) mass is 508 g/mol. The highest BCUT2D eigenvalue weighted by molar-refractivity contribution is 6.01. The Morgan fingerprint density at radius 3 is 2.30 bits per heavy atom. The number of rotatable bonds is 3. The van der Waals surface area contributed by atoms with Gasteiger partial charge in [0, 0.05) is 41.6 Å². The largest absolute Gasteiger partial charge is 0.472 e. The topological polar surface area (TPSA) is 99.9 Å². The van der Waals surface area contributed by atoms with Crippen LogP contribution >= 0.6 is 0 Å². The number of ether oxygens (including phenoxy) is 2. The molecule has 4 aliphatic carbocycles.